The van der Waals surface area contributed by atoms with Gasteiger partial charge in [0.05, 0.1) is 21.8 Å². The van der Waals surface area contributed by atoms with Gasteiger partial charge in [-0.25, -0.2) is 0 Å². The third-order valence-corrected chi connectivity index (χ3v) is 3.35. The van der Waals surface area contributed by atoms with Crippen molar-refractivity contribution < 1.29 is 4.79 Å². The zero-order valence-corrected chi connectivity index (χ0v) is 9.70. The van der Waals surface area contributed by atoms with E-state index in [9.17, 15) is 4.79 Å². The second kappa shape index (κ2) is 4.18. The van der Waals surface area contributed by atoms with Crippen LogP contribution in [0.15, 0.2) is 35.6 Å². The number of fused-ring (bicyclic) bond motifs is 1. The van der Waals surface area contributed by atoms with Gasteiger partial charge in [-0.2, -0.15) is 0 Å². The minimum Gasteiger partial charge on any atom is -0.320 e. The maximum Gasteiger partial charge on any atom is 0.235 e. The topological polar surface area (TPSA) is 54.9 Å². The Labute approximate surface area is 102 Å². The second-order valence-electron chi connectivity index (χ2n) is 3.65. The third-order valence-electron chi connectivity index (χ3n) is 2.41. The normalized spacial score (nSPS) is 17.6. The Balaban J connectivity index is 1.98. The molecule has 0 atom stereocenters. The van der Waals surface area contributed by atoms with Gasteiger partial charge in [-0.15, -0.1) is 0 Å². The van der Waals surface area contributed by atoms with Crippen LogP contribution in [0, 0.1) is 0 Å². The summed E-state index contributed by atoms with van der Waals surface area (Å²) < 4.78 is 0. The van der Waals surface area contributed by atoms with Gasteiger partial charge < -0.3 is 5.32 Å². The van der Waals surface area contributed by atoms with Crippen LogP contribution in [0.3, 0.4) is 0 Å². The number of hydrogen-bond acceptors (Lipinski definition) is 4. The van der Waals surface area contributed by atoms with Gasteiger partial charge in [-0.1, -0.05) is 17.8 Å². The summed E-state index contributed by atoms with van der Waals surface area (Å²) in [6, 6.07) is 5.85. The number of carbonyl (C=O) groups is 1. The van der Waals surface area contributed by atoms with E-state index in [0.29, 0.717) is 5.75 Å². The van der Waals surface area contributed by atoms with Crippen LogP contribution < -0.4 is 5.32 Å². The Morgan fingerprint density at radius 2 is 2.06 bits per heavy atom. The van der Waals surface area contributed by atoms with Crippen molar-refractivity contribution in [2.45, 2.75) is 0 Å². The molecule has 0 radical (unpaired) electrons. The molecule has 1 fully saturated rings. The molecule has 1 aromatic heterocycles. The lowest BCUT2D eigenvalue weighted by molar-refractivity contribution is -0.117. The molecule has 1 saturated heterocycles. The van der Waals surface area contributed by atoms with Crippen molar-refractivity contribution in [2.75, 3.05) is 5.75 Å². The van der Waals surface area contributed by atoms with Gasteiger partial charge in [0.1, 0.15) is 0 Å². The largest absolute Gasteiger partial charge is 0.320 e. The zero-order chi connectivity index (χ0) is 11.7. The zero-order valence-electron chi connectivity index (χ0n) is 8.88. The minimum atomic E-state index is 0.0573. The molecule has 3 rings (SSSR count). The van der Waals surface area contributed by atoms with E-state index in [0.717, 1.165) is 21.6 Å². The summed E-state index contributed by atoms with van der Waals surface area (Å²) in [5.74, 6) is 0.556. The highest BCUT2D eigenvalue weighted by atomic mass is 32.2. The summed E-state index contributed by atoms with van der Waals surface area (Å²) in [5, 5.41) is 3.69. The number of thioether (sulfide) groups is 1. The summed E-state index contributed by atoms with van der Waals surface area (Å²) in [7, 11) is 0. The van der Waals surface area contributed by atoms with Crippen LogP contribution in [-0.4, -0.2) is 21.6 Å². The van der Waals surface area contributed by atoms with Crippen molar-refractivity contribution in [3.63, 3.8) is 0 Å². The van der Waals surface area contributed by atoms with E-state index in [1.165, 1.54) is 11.8 Å². The average Bonchev–Trinajstić information content (AvgIpc) is 2.75. The Morgan fingerprint density at radius 1 is 1.24 bits per heavy atom. The first-order valence-electron chi connectivity index (χ1n) is 5.16. The summed E-state index contributed by atoms with van der Waals surface area (Å²) >= 11 is 1.52. The van der Waals surface area contributed by atoms with E-state index in [4.69, 9.17) is 0 Å². The molecule has 1 amide bonds. The molecule has 84 valence electrons. The number of benzene rings is 1. The lowest BCUT2D eigenvalue weighted by Gasteiger charge is -1.99. The molecule has 0 bridgehead atoms. The van der Waals surface area contributed by atoms with Crippen LogP contribution in [-0.2, 0) is 4.79 Å². The van der Waals surface area contributed by atoms with Gasteiger partial charge in [-0.05, 0) is 23.8 Å². The molecule has 1 aliphatic rings. The fourth-order valence-corrected chi connectivity index (χ4v) is 2.42. The minimum absolute atomic E-state index is 0.0573. The fraction of sp³-hybridized carbons (Fsp3) is 0.0833. The van der Waals surface area contributed by atoms with Crippen LogP contribution in [0.25, 0.3) is 17.1 Å². The molecule has 0 spiro atoms. The second-order valence-corrected chi connectivity index (χ2v) is 4.67. The number of carbonyl (C=O) groups excluding carboxylic acids is 1. The van der Waals surface area contributed by atoms with Crippen molar-refractivity contribution in [3.05, 3.63) is 41.2 Å². The fourth-order valence-electron chi connectivity index (χ4n) is 1.65. The predicted molar refractivity (Wildman–Crippen MR) is 68.1 cm³/mol. The molecule has 0 aliphatic carbocycles. The Bertz CT molecular complexity index is 624. The summed E-state index contributed by atoms with van der Waals surface area (Å²) in [6.45, 7) is 0. The first kappa shape index (κ1) is 10.3. The molecule has 17 heavy (non-hydrogen) atoms. The number of amides is 1. The van der Waals surface area contributed by atoms with Crippen molar-refractivity contribution >= 4 is 34.8 Å². The van der Waals surface area contributed by atoms with Crippen LogP contribution in [0.2, 0.25) is 0 Å². The summed E-state index contributed by atoms with van der Waals surface area (Å²) in [6.07, 6.45) is 5.29. The van der Waals surface area contributed by atoms with E-state index in [2.05, 4.69) is 15.3 Å². The predicted octanol–water partition coefficient (Wildman–Crippen LogP) is 1.79. The maximum atomic E-state index is 11.1. The molecule has 0 saturated carbocycles. The molecule has 1 aliphatic heterocycles. The quantitative estimate of drug-likeness (QED) is 0.829. The molecule has 0 unspecified atom stereocenters. The van der Waals surface area contributed by atoms with Crippen LogP contribution in [0.5, 0.6) is 0 Å². The van der Waals surface area contributed by atoms with E-state index in [1.807, 2.05) is 24.3 Å². The first-order valence-corrected chi connectivity index (χ1v) is 6.15. The van der Waals surface area contributed by atoms with Gasteiger partial charge in [0, 0.05) is 12.4 Å². The summed E-state index contributed by atoms with van der Waals surface area (Å²) in [4.78, 5) is 19.5. The number of aromatic nitrogens is 2. The number of hydrogen-bond donors (Lipinski definition) is 1. The van der Waals surface area contributed by atoms with Crippen molar-refractivity contribution in [1.82, 2.24) is 15.3 Å². The highest BCUT2D eigenvalue weighted by Gasteiger charge is 2.14. The Morgan fingerprint density at radius 3 is 2.82 bits per heavy atom. The average molecular weight is 243 g/mol. The van der Waals surface area contributed by atoms with Crippen molar-refractivity contribution in [3.8, 4) is 0 Å². The van der Waals surface area contributed by atoms with E-state index < -0.39 is 0 Å². The summed E-state index contributed by atoms with van der Waals surface area (Å²) in [5.41, 5.74) is 2.75. The Kier molecular flexibility index (Phi) is 2.53. The van der Waals surface area contributed by atoms with Crippen molar-refractivity contribution in [1.29, 1.82) is 0 Å². The smallest absolute Gasteiger partial charge is 0.235 e. The highest BCUT2D eigenvalue weighted by Crippen LogP contribution is 2.22. The standard InChI is InChI=1S/C12H9N3OS/c16-11-7-17-12(15-11)6-8-1-2-9-10(5-8)14-4-3-13-9/h1-6H,7H2,(H,15,16). The van der Waals surface area contributed by atoms with Crippen LogP contribution >= 0.6 is 11.8 Å². The van der Waals surface area contributed by atoms with E-state index in [-0.39, 0.29) is 5.91 Å². The van der Waals surface area contributed by atoms with Gasteiger partial charge >= 0.3 is 0 Å². The van der Waals surface area contributed by atoms with Crippen molar-refractivity contribution in [2.24, 2.45) is 0 Å². The van der Waals surface area contributed by atoms with Gasteiger partial charge in [-0.3, -0.25) is 14.8 Å². The number of rotatable bonds is 1. The highest BCUT2D eigenvalue weighted by molar-refractivity contribution is 8.04. The van der Waals surface area contributed by atoms with Gasteiger partial charge in [0.25, 0.3) is 0 Å². The molecule has 2 heterocycles. The Hall–Kier alpha value is -1.88. The molecule has 1 N–H and O–H groups in total. The molecular formula is C12H9N3OS. The third kappa shape index (κ3) is 2.14. The SMILES string of the molecule is O=C1CSC(=Cc2ccc3nccnc3c2)N1. The lowest BCUT2D eigenvalue weighted by Crippen LogP contribution is -2.13. The number of nitrogens with zero attached hydrogens (tertiary/aromatic N) is 2. The van der Waals surface area contributed by atoms with Crippen LogP contribution in [0.1, 0.15) is 5.56 Å². The molecule has 1 aromatic carbocycles. The maximum absolute atomic E-state index is 11.1. The van der Waals surface area contributed by atoms with Gasteiger partial charge in [0.15, 0.2) is 0 Å². The molecular weight excluding hydrogens is 234 g/mol. The first-order chi connectivity index (χ1) is 8.31. The van der Waals surface area contributed by atoms with Gasteiger partial charge in [0.2, 0.25) is 5.91 Å². The van der Waals surface area contributed by atoms with Crippen LogP contribution in [0.4, 0.5) is 0 Å². The number of nitrogens with one attached hydrogen (secondary N) is 1. The van der Waals surface area contributed by atoms with E-state index >= 15 is 0 Å². The lowest BCUT2D eigenvalue weighted by atomic mass is 10.2. The molecule has 4 nitrogen and oxygen atoms in total. The monoisotopic (exact) mass is 243 g/mol. The van der Waals surface area contributed by atoms with E-state index in [1.54, 1.807) is 12.4 Å². The molecule has 2 aromatic rings. The molecule has 5 heteroatoms.